The topological polar surface area (TPSA) is 50.8 Å². The molecule has 0 aliphatic carbocycles. The molecule has 5 heteroatoms. The van der Waals surface area contributed by atoms with Crippen LogP contribution in [0.5, 0.6) is 11.5 Å². The normalized spacial score (nSPS) is 17.5. The van der Waals surface area contributed by atoms with Gasteiger partial charge in [-0.1, -0.05) is 19.1 Å². The van der Waals surface area contributed by atoms with E-state index in [2.05, 4.69) is 19.2 Å². The molecule has 0 aromatic heterocycles. The number of hydrogen-bond donors (Lipinski definition) is 1. The summed E-state index contributed by atoms with van der Waals surface area (Å²) in [6.07, 6.45) is 0.592. The van der Waals surface area contributed by atoms with Gasteiger partial charge in [0.25, 0.3) is 5.91 Å². The lowest BCUT2D eigenvalue weighted by Crippen LogP contribution is -2.47. The van der Waals surface area contributed by atoms with E-state index in [1.807, 2.05) is 47.4 Å². The summed E-state index contributed by atoms with van der Waals surface area (Å²) >= 11 is 0. The number of hydrogen-bond acceptors (Lipinski definition) is 4. The van der Waals surface area contributed by atoms with Gasteiger partial charge in [0.1, 0.15) is 17.7 Å². The Hall–Kier alpha value is -2.69. The van der Waals surface area contributed by atoms with Crippen LogP contribution in [0.3, 0.4) is 0 Å². The van der Waals surface area contributed by atoms with Crippen LogP contribution in [0.1, 0.15) is 42.4 Å². The Morgan fingerprint density at radius 3 is 2.36 bits per heavy atom. The van der Waals surface area contributed by atoms with E-state index in [1.54, 1.807) is 14.2 Å². The fraction of sp³-hybridized carbons (Fsp3) is 0.350. The lowest BCUT2D eigenvalue weighted by atomic mass is 10.0. The van der Waals surface area contributed by atoms with Crippen molar-refractivity contribution >= 4 is 11.6 Å². The van der Waals surface area contributed by atoms with Crippen LogP contribution in [-0.2, 0) is 0 Å². The minimum atomic E-state index is -0.277. The van der Waals surface area contributed by atoms with Crippen molar-refractivity contribution in [2.75, 3.05) is 19.5 Å². The van der Waals surface area contributed by atoms with Gasteiger partial charge < -0.3 is 19.7 Å². The Kier molecular flexibility index (Phi) is 4.83. The second-order valence-electron chi connectivity index (χ2n) is 6.21. The SMILES string of the molecule is CC[C@@H](C)N1C(=O)c2ccccc2N[C@H]1c1cc(OC)cc(OC)c1. The summed E-state index contributed by atoms with van der Waals surface area (Å²) in [4.78, 5) is 15.0. The molecule has 5 nitrogen and oxygen atoms in total. The van der Waals surface area contributed by atoms with E-state index in [4.69, 9.17) is 9.47 Å². The molecule has 2 atom stereocenters. The lowest BCUT2D eigenvalue weighted by molar-refractivity contribution is 0.0593. The summed E-state index contributed by atoms with van der Waals surface area (Å²) in [7, 11) is 3.25. The number of amides is 1. The van der Waals surface area contributed by atoms with E-state index in [0.29, 0.717) is 17.1 Å². The fourth-order valence-corrected chi connectivity index (χ4v) is 3.15. The first kappa shape index (κ1) is 17.1. The predicted molar refractivity (Wildman–Crippen MR) is 98.3 cm³/mol. The van der Waals surface area contributed by atoms with E-state index < -0.39 is 0 Å². The summed E-state index contributed by atoms with van der Waals surface area (Å²) in [6.45, 7) is 4.15. The third kappa shape index (κ3) is 3.14. The Balaban J connectivity index is 2.11. The zero-order valence-corrected chi connectivity index (χ0v) is 15.1. The number of benzene rings is 2. The smallest absolute Gasteiger partial charge is 0.258 e. The van der Waals surface area contributed by atoms with Gasteiger partial charge in [0.05, 0.1) is 19.8 Å². The van der Waals surface area contributed by atoms with Crippen molar-refractivity contribution in [3.8, 4) is 11.5 Å². The number of fused-ring (bicyclic) bond motifs is 1. The van der Waals surface area contributed by atoms with Crippen LogP contribution in [0.4, 0.5) is 5.69 Å². The highest BCUT2D eigenvalue weighted by atomic mass is 16.5. The molecule has 0 fully saturated rings. The van der Waals surface area contributed by atoms with E-state index in [1.165, 1.54) is 0 Å². The summed E-state index contributed by atoms with van der Waals surface area (Å²) in [6, 6.07) is 13.4. The standard InChI is InChI=1S/C20H24N2O3/c1-5-13(2)22-19(14-10-15(24-3)12-16(11-14)25-4)21-18-9-7-6-8-17(18)20(22)23/h6-13,19,21H,5H2,1-4H3/t13-,19-/m1/s1. The predicted octanol–water partition coefficient (Wildman–Crippen LogP) is 4.07. The minimum Gasteiger partial charge on any atom is -0.497 e. The summed E-state index contributed by atoms with van der Waals surface area (Å²) < 4.78 is 10.8. The third-order valence-corrected chi connectivity index (χ3v) is 4.72. The number of nitrogens with zero attached hydrogens (tertiary/aromatic N) is 1. The summed E-state index contributed by atoms with van der Waals surface area (Å²) in [5.41, 5.74) is 2.48. The molecule has 0 bridgehead atoms. The van der Waals surface area contributed by atoms with E-state index in [-0.39, 0.29) is 18.1 Å². The van der Waals surface area contributed by atoms with Crippen molar-refractivity contribution in [2.45, 2.75) is 32.5 Å². The van der Waals surface area contributed by atoms with Gasteiger partial charge >= 0.3 is 0 Å². The van der Waals surface area contributed by atoms with Crippen LogP contribution in [0.15, 0.2) is 42.5 Å². The fourth-order valence-electron chi connectivity index (χ4n) is 3.15. The van der Waals surface area contributed by atoms with Crippen LogP contribution in [0.2, 0.25) is 0 Å². The number of carbonyl (C=O) groups excluding carboxylic acids is 1. The second-order valence-corrected chi connectivity index (χ2v) is 6.21. The molecule has 1 heterocycles. The molecular weight excluding hydrogens is 316 g/mol. The van der Waals surface area contributed by atoms with Gasteiger partial charge in [0.15, 0.2) is 0 Å². The summed E-state index contributed by atoms with van der Waals surface area (Å²) in [5.74, 6) is 1.44. The number of anilines is 1. The van der Waals surface area contributed by atoms with E-state index >= 15 is 0 Å². The average Bonchev–Trinajstić information content (AvgIpc) is 2.66. The highest BCUT2D eigenvalue weighted by Crippen LogP contribution is 2.37. The highest BCUT2D eigenvalue weighted by molar-refractivity contribution is 6.01. The van der Waals surface area contributed by atoms with Crippen molar-refractivity contribution in [3.05, 3.63) is 53.6 Å². The molecular formula is C20H24N2O3. The third-order valence-electron chi connectivity index (χ3n) is 4.72. The van der Waals surface area contributed by atoms with Gasteiger partial charge in [-0.25, -0.2) is 0 Å². The van der Waals surface area contributed by atoms with Crippen LogP contribution in [0, 0.1) is 0 Å². The molecule has 132 valence electrons. The lowest BCUT2D eigenvalue weighted by Gasteiger charge is -2.41. The van der Waals surface area contributed by atoms with Crippen molar-refractivity contribution in [1.29, 1.82) is 0 Å². The quantitative estimate of drug-likeness (QED) is 0.891. The number of nitrogens with one attached hydrogen (secondary N) is 1. The Morgan fingerprint density at radius 2 is 1.76 bits per heavy atom. The highest BCUT2D eigenvalue weighted by Gasteiger charge is 2.35. The van der Waals surface area contributed by atoms with Crippen molar-refractivity contribution in [1.82, 2.24) is 4.90 Å². The first-order valence-corrected chi connectivity index (χ1v) is 8.50. The molecule has 2 aromatic carbocycles. The maximum absolute atomic E-state index is 13.1. The number of methoxy groups -OCH3 is 2. The average molecular weight is 340 g/mol. The van der Waals surface area contributed by atoms with Gasteiger partial charge in [-0.05, 0) is 37.6 Å². The van der Waals surface area contributed by atoms with Crippen LogP contribution in [-0.4, -0.2) is 31.1 Å². The number of rotatable bonds is 5. The summed E-state index contributed by atoms with van der Waals surface area (Å²) in [5, 5.41) is 3.51. The monoisotopic (exact) mass is 340 g/mol. The van der Waals surface area contributed by atoms with Crippen LogP contribution < -0.4 is 14.8 Å². The largest absolute Gasteiger partial charge is 0.497 e. The molecule has 1 N–H and O–H groups in total. The van der Waals surface area contributed by atoms with Gasteiger partial charge in [0, 0.05) is 23.4 Å². The Morgan fingerprint density at radius 1 is 1.12 bits per heavy atom. The van der Waals surface area contributed by atoms with Gasteiger partial charge in [-0.2, -0.15) is 0 Å². The molecule has 25 heavy (non-hydrogen) atoms. The second kappa shape index (κ2) is 7.05. The zero-order valence-electron chi connectivity index (χ0n) is 15.1. The Bertz CT molecular complexity index is 753. The van der Waals surface area contributed by atoms with Gasteiger partial charge in [-0.3, -0.25) is 4.79 Å². The molecule has 1 amide bonds. The maximum Gasteiger partial charge on any atom is 0.258 e. The number of para-hydroxylation sites is 1. The van der Waals surface area contributed by atoms with Crippen molar-refractivity contribution in [2.24, 2.45) is 0 Å². The van der Waals surface area contributed by atoms with Gasteiger partial charge in [-0.15, -0.1) is 0 Å². The molecule has 1 aliphatic heterocycles. The zero-order chi connectivity index (χ0) is 18.0. The van der Waals surface area contributed by atoms with Crippen LogP contribution >= 0.6 is 0 Å². The molecule has 0 unspecified atom stereocenters. The van der Waals surface area contributed by atoms with E-state index in [0.717, 1.165) is 17.7 Å². The molecule has 0 saturated carbocycles. The first-order chi connectivity index (χ1) is 12.1. The molecule has 2 aromatic rings. The maximum atomic E-state index is 13.1. The first-order valence-electron chi connectivity index (χ1n) is 8.50. The van der Waals surface area contributed by atoms with Gasteiger partial charge in [0.2, 0.25) is 0 Å². The number of carbonyl (C=O) groups is 1. The molecule has 0 radical (unpaired) electrons. The molecule has 0 saturated heterocycles. The van der Waals surface area contributed by atoms with Crippen LogP contribution in [0.25, 0.3) is 0 Å². The van der Waals surface area contributed by atoms with Crippen molar-refractivity contribution in [3.63, 3.8) is 0 Å². The molecule has 3 rings (SSSR count). The Labute approximate surface area is 148 Å². The van der Waals surface area contributed by atoms with Crippen molar-refractivity contribution < 1.29 is 14.3 Å². The van der Waals surface area contributed by atoms with E-state index in [9.17, 15) is 4.79 Å². The molecule has 0 spiro atoms. The molecule has 1 aliphatic rings. The minimum absolute atomic E-state index is 0.0375. The number of ether oxygens (including phenoxy) is 2.